The van der Waals surface area contributed by atoms with Crippen molar-refractivity contribution >= 4 is 21.7 Å². The Morgan fingerprint density at radius 1 is 0.792 bits per heavy atom. The predicted octanol–water partition coefficient (Wildman–Crippen LogP) is 2.31. The maximum Gasteiger partial charge on any atom is 0.261 e. The summed E-state index contributed by atoms with van der Waals surface area (Å²) >= 11 is 0. The maximum absolute atomic E-state index is 12.2. The number of carbonyl (C=O) groups excluding carboxylic acids is 2. The summed E-state index contributed by atoms with van der Waals surface area (Å²) in [7, 11) is -3.41. The summed E-state index contributed by atoms with van der Waals surface area (Å²) in [5, 5.41) is 0. The van der Waals surface area contributed by atoms with Crippen molar-refractivity contribution in [3.63, 3.8) is 0 Å². The quantitative estimate of drug-likeness (QED) is 0.618. The number of sulfone groups is 1. The molecule has 5 nitrogen and oxygen atoms in total. The van der Waals surface area contributed by atoms with Gasteiger partial charge in [0.15, 0.2) is 9.84 Å². The van der Waals surface area contributed by atoms with Crippen molar-refractivity contribution in [3.8, 4) is 0 Å². The van der Waals surface area contributed by atoms with Gasteiger partial charge in [0, 0.05) is 6.54 Å². The number of rotatable bonds is 5. The highest BCUT2D eigenvalue weighted by molar-refractivity contribution is 7.91. The lowest BCUT2D eigenvalue weighted by Crippen LogP contribution is -2.29. The second-order valence-electron chi connectivity index (χ2n) is 5.33. The van der Waals surface area contributed by atoms with Crippen molar-refractivity contribution in [2.24, 2.45) is 0 Å². The van der Waals surface area contributed by atoms with E-state index < -0.39 is 9.84 Å². The van der Waals surface area contributed by atoms with Crippen LogP contribution < -0.4 is 0 Å². The van der Waals surface area contributed by atoms with Crippen LogP contribution in [0.25, 0.3) is 0 Å². The Morgan fingerprint density at radius 2 is 1.33 bits per heavy atom. The van der Waals surface area contributed by atoms with Crippen LogP contribution in [-0.4, -0.2) is 37.4 Å². The van der Waals surface area contributed by atoms with Crippen LogP contribution in [0.4, 0.5) is 0 Å². The minimum Gasteiger partial charge on any atom is -0.270 e. The molecular formula is C18H15NO4S. The highest BCUT2D eigenvalue weighted by Gasteiger charge is 2.34. The van der Waals surface area contributed by atoms with Crippen LogP contribution in [0.2, 0.25) is 0 Å². The summed E-state index contributed by atoms with van der Waals surface area (Å²) in [6, 6.07) is 14.8. The van der Waals surface area contributed by atoms with E-state index in [-0.39, 0.29) is 29.0 Å². The van der Waals surface area contributed by atoms with Gasteiger partial charge in [0.1, 0.15) is 0 Å². The van der Waals surface area contributed by atoms with Crippen molar-refractivity contribution in [2.75, 3.05) is 12.3 Å². The Labute approximate surface area is 140 Å². The summed E-state index contributed by atoms with van der Waals surface area (Å²) in [4.78, 5) is 25.7. The lowest BCUT2D eigenvalue weighted by atomic mass is 10.1. The SMILES string of the molecule is O=C1c2ccccc2C(=O)N1C/C=C/CS(=O)(=O)c1ccccc1. The van der Waals surface area contributed by atoms with Gasteiger partial charge < -0.3 is 0 Å². The van der Waals surface area contributed by atoms with Crippen LogP contribution in [0.3, 0.4) is 0 Å². The zero-order valence-electron chi connectivity index (χ0n) is 12.8. The largest absolute Gasteiger partial charge is 0.270 e. The fraction of sp³-hybridized carbons (Fsp3) is 0.111. The third kappa shape index (κ3) is 3.00. The molecule has 0 atom stereocenters. The standard InChI is InChI=1S/C18H15NO4S/c20-17-15-10-4-5-11-16(15)18(21)19(17)12-6-7-13-24(22,23)14-8-2-1-3-9-14/h1-11H,12-13H2/b7-6+. The monoisotopic (exact) mass is 341 g/mol. The molecule has 0 aliphatic carbocycles. The van der Waals surface area contributed by atoms with E-state index in [1.54, 1.807) is 42.5 Å². The first-order chi connectivity index (χ1) is 11.5. The fourth-order valence-electron chi connectivity index (χ4n) is 2.50. The van der Waals surface area contributed by atoms with Gasteiger partial charge >= 0.3 is 0 Å². The summed E-state index contributed by atoms with van der Waals surface area (Å²) in [5.41, 5.74) is 0.764. The van der Waals surface area contributed by atoms with Crippen molar-refractivity contribution in [2.45, 2.75) is 4.90 Å². The van der Waals surface area contributed by atoms with E-state index in [1.807, 2.05) is 0 Å². The highest BCUT2D eigenvalue weighted by atomic mass is 32.2. The number of amides is 2. The molecule has 24 heavy (non-hydrogen) atoms. The van der Waals surface area contributed by atoms with E-state index in [1.165, 1.54) is 24.3 Å². The minimum absolute atomic E-state index is 0.0522. The molecule has 1 heterocycles. The topological polar surface area (TPSA) is 71.5 Å². The second kappa shape index (κ2) is 6.41. The molecule has 0 N–H and O–H groups in total. The molecule has 122 valence electrons. The lowest BCUT2D eigenvalue weighted by Gasteiger charge is -2.10. The van der Waals surface area contributed by atoms with Crippen molar-refractivity contribution in [3.05, 3.63) is 77.9 Å². The second-order valence-corrected chi connectivity index (χ2v) is 7.37. The molecule has 6 heteroatoms. The molecule has 3 rings (SSSR count). The molecule has 2 amide bonds. The normalized spacial score (nSPS) is 14.4. The average molecular weight is 341 g/mol. The number of imide groups is 1. The number of hydrogen-bond acceptors (Lipinski definition) is 4. The van der Waals surface area contributed by atoms with Gasteiger partial charge in [-0.1, -0.05) is 42.5 Å². The summed E-state index contributed by atoms with van der Waals surface area (Å²) in [5.74, 6) is -0.891. The van der Waals surface area contributed by atoms with Crippen LogP contribution >= 0.6 is 0 Å². The first kappa shape index (κ1) is 16.1. The van der Waals surface area contributed by atoms with Gasteiger partial charge in [-0.15, -0.1) is 0 Å². The number of fused-ring (bicyclic) bond motifs is 1. The molecule has 2 aromatic carbocycles. The van der Waals surface area contributed by atoms with Crippen molar-refractivity contribution in [1.82, 2.24) is 4.90 Å². The smallest absolute Gasteiger partial charge is 0.261 e. The Morgan fingerprint density at radius 3 is 1.92 bits per heavy atom. The number of carbonyl (C=O) groups is 2. The Bertz CT molecular complexity index is 882. The third-order valence-corrected chi connectivity index (χ3v) is 5.37. The van der Waals surface area contributed by atoms with Crippen LogP contribution in [0.5, 0.6) is 0 Å². The van der Waals surface area contributed by atoms with Crippen LogP contribution in [0, 0.1) is 0 Å². The fourth-order valence-corrected chi connectivity index (χ4v) is 3.66. The molecule has 0 saturated carbocycles. The molecule has 0 saturated heterocycles. The van der Waals surface area contributed by atoms with E-state index in [9.17, 15) is 18.0 Å². The van der Waals surface area contributed by atoms with E-state index >= 15 is 0 Å². The van der Waals surface area contributed by atoms with Gasteiger partial charge in [-0.3, -0.25) is 14.5 Å². The molecule has 0 fully saturated rings. The first-order valence-corrected chi connectivity index (χ1v) is 9.04. The van der Waals surface area contributed by atoms with Gasteiger partial charge in [-0.25, -0.2) is 8.42 Å². The highest BCUT2D eigenvalue weighted by Crippen LogP contribution is 2.22. The number of hydrogen-bond donors (Lipinski definition) is 0. The molecule has 0 radical (unpaired) electrons. The third-order valence-electron chi connectivity index (χ3n) is 3.75. The molecule has 0 aromatic heterocycles. The maximum atomic E-state index is 12.2. The number of nitrogens with zero attached hydrogens (tertiary/aromatic N) is 1. The lowest BCUT2D eigenvalue weighted by molar-refractivity contribution is 0.0672. The summed E-state index contributed by atoms with van der Waals surface area (Å²) < 4.78 is 24.3. The average Bonchev–Trinajstić information content (AvgIpc) is 2.84. The van der Waals surface area contributed by atoms with E-state index in [4.69, 9.17) is 0 Å². The Balaban J connectivity index is 1.66. The van der Waals surface area contributed by atoms with Gasteiger partial charge in [0.25, 0.3) is 11.8 Å². The molecule has 1 aliphatic heterocycles. The molecule has 0 spiro atoms. The Kier molecular flexibility index (Phi) is 4.31. The van der Waals surface area contributed by atoms with E-state index in [0.717, 1.165) is 4.90 Å². The molecule has 0 bridgehead atoms. The van der Waals surface area contributed by atoms with Gasteiger partial charge in [-0.2, -0.15) is 0 Å². The van der Waals surface area contributed by atoms with E-state index in [0.29, 0.717) is 11.1 Å². The van der Waals surface area contributed by atoms with Crippen LogP contribution in [-0.2, 0) is 9.84 Å². The van der Waals surface area contributed by atoms with Crippen molar-refractivity contribution < 1.29 is 18.0 Å². The van der Waals surface area contributed by atoms with E-state index in [2.05, 4.69) is 0 Å². The zero-order valence-corrected chi connectivity index (χ0v) is 13.6. The molecule has 0 unspecified atom stereocenters. The van der Waals surface area contributed by atoms with Gasteiger partial charge in [0.2, 0.25) is 0 Å². The van der Waals surface area contributed by atoms with Gasteiger partial charge in [0.05, 0.1) is 21.8 Å². The first-order valence-electron chi connectivity index (χ1n) is 7.39. The summed E-state index contributed by atoms with van der Waals surface area (Å²) in [6.45, 7) is 0.0522. The van der Waals surface area contributed by atoms with Crippen molar-refractivity contribution in [1.29, 1.82) is 0 Å². The predicted molar refractivity (Wildman–Crippen MR) is 89.4 cm³/mol. The zero-order chi connectivity index (χ0) is 17.2. The molecule has 1 aliphatic rings. The van der Waals surface area contributed by atoms with Gasteiger partial charge in [-0.05, 0) is 24.3 Å². The molecule has 2 aromatic rings. The number of benzene rings is 2. The minimum atomic E-state index is -3.41. The van der Waals surface area contributed by atoms with Crippen LogP contribution in [0.15, 0.2) is 71.6 Å². The molecular weight excluding hydrogens is 326 g/mol. The van der Waals surface area contributed by atoms with Crippen LogP contribution in [0.1, 0.15) is 20.7 Å². The summed E-state index contributed by atoms with van der Waals surface area (Å²) in [6.07, 6.45) is 2.99. The Hall–Kier alpha value is -2.73.